The summed E-state index contributed by atoms with van der Waals surface area (Å²) in [6, 6.07) is 25.6. The zero-order chi connectivity index (χ0) is 23.9. The van der Waals surface area contributed by atoms with E-state index in [-0.39, 0.29) is 28.4 Å². The normalized spacial score (nSPS) is 16.8. The molecule has 1 N–H and O–H groups in total. The number of rotatable bonds is 8. The van der Waals surface area contributed by atoms with Crippen molar-refractivity contribution in [2.75, 3.05) is 6.54 Å². The molecule has 182 valence electrons. The van der Waals surface area contributed by atoms with Crippen LogP contribution in [0.25, 0.3) is 5.32 Å². The van der Waals surface area contributed by atoms with Crippen molar-refractivity contribution in [2.24, 2.45) is 4.99 Å². The van der Waals surface area contributed by atoms with E-state index < -0.39 is 12.0 Å². The van der Waals surface area contributed by atoms with Gasteiger partial charge in [0.25, 0.3) is 0 Å². The number of aliphatic imine (C=N–C) groups is 1. The molecule has 6 nitrogen and oxygen atoms in total. The van der Waals surface area contributed by atoms with Crippen LogP contribution in [-0.2, 0) is 32.6 Å². The molecule has 0 saturated carbocycles. The van der Waals surface area contributed by atoms with E-state index in [1.807, 2.05) is 66.7 Å². The summed E-state index contributed by atoms with van der Waals surface area (Å²) in [6.07, 6.45) is 1.72. The second kappa shape index (κ2) is 12.4. The molecule has 0 radical (unpaired) electrons. The Morgan fingerprint density at radius 1 is 1.00 bits per heavy atom. The third-order valence-electron chi connectivity index (χ3n) is 5.99. The topological polar surface area (TPSA) is 84.1 Å². The quantitative estimate of drug-likeness (QED) is 0.332. The second-order valence-electron chi connectivity index (χ2n) is 8.44. The molecule has 0 spiro atoms. The standard InChI is InChI=1S/C28H29N3O3.Ni/c1-20(28(33)34)29-26(22-13-6-3-7-14-22)23-15-8-9-16-24(23)30-27(32)25-17-10-18-31(25)19-21-11-4-2-5-12-21;/h2-9,11-16,20,25H,10,17-19H2,1H3,(H2,29,30,32,33,34);/q;+2/p-1/t20-,25?;/m1./s1. The summed E-state index contributed by atoms with van der Waals surface area (Å²) < 4.78 is 0. The van der Waals surface area contributed by atoms with Crippen LogP contribution < -0.4 is 0 Å². The van der Waals surface area contributed by atoms with Gasteiger partial charge in [0.2, 0.25) is 0 Å². The minimum Gasteiger partial charge on any atom is -0.625 e. The van der Waals surface area contributed by atoms with Crippen molar-refractivity contribution in [3.05, 3.63) is 107 Å². The fourth-order valence-electron chi connectivity index (χ4n) is 4.22. The van der Waals surface area contributed by atoms with E-state index in [0.717, 1.165) is 24.9 Å². The molecule has 1 aliphatic rings. The van der Waals surface area contributed by atoms with Crippen LogP contribution in [-0.4, -0.2) is 46.2 Å². The maximum atomic E-state index is 13.3. The zero-order valence-corrected chi connectivity index (χ0v) is 20.5. The molecule has 1 aliphatic heterocycles. The predicted octanol–water partition coefficient (Wildman–Crippen LogP) is 5.19. The van der Waals surface area contributed by atoms with E-state index in [9.17, 15) is 14.7 Å². The molecule has 7 heteroatoms. The van der Waals surface area contributed by atoms with Gasteiger partial charge in [0.1, 0.15) is 6.04 Å². The first-order valence-corrected chi connectivity index (χ1v) is 11.5. The van der Waals surface area contributed by atoms with Crippen LogP contribution in [0.5, 0.6) is 0 Å². The van der Waals surface area contributed by atoms with Gasteiger partial charge in [-0.1, -0.05) is 84.9 Å². The van der Waals surface area contributed by atoms with Crippen LogP contribution in [0.1, 0.15) is 36.5 Å². The van der Waals surface area contributed by atoms with Gasteiger partial charge in [0, 0.05) is 12.1 Å². The van der Waals surface area contributed by atoms with E-state index in [2.05, 4.69) is 27.3 Å². The van der Waals surface area contributed by atoms with Gasteiger partial charge in [-0.3, -0.25) is 9.89 Å². The summed E-state index contributed by atoms with van der Waals surface area (Å²) in [4.78, 5) is 31.5. The fourth-order valence-corrected chi connectivity index (χ4v) is 4.22. The van der Waals surface area contributed by atoms with Crippen LogP contribution in [0.3, 0.4) is 0 Å². The third-order valence-corrected chi connectivity index (χ3v) is 5.99. The second-order valence-corrected chi connectivity index (χ2v) is 8.44. The SMILES string of the molecule is C[C@@H](N=C(c1ccccc1)c1ccccc1[N-]C(=O)C1CCCN1Cc1ccccc1)C(=O)O.[Ni+2]. The van der Waals surface area contributed by atoms with Gasteiger partial charge in [-0.05, 0) is 37.4 Å². The van der Waals surface area contributed by atoms with Crippen molar-refractivity contribution in [2.45, 2.75) is 38.4 Å². The Hall–Kier alpha value is -3.28. The van der Waals surface area contributed by atoms with E-state index >= 15 is 0 Å². The summed E-state index contributed by atoms with van der Waals surface area (Å²) in [6.45, 7) is 3.10. The largest absolute Gasteiger partial charge is 2.00 e. The molecule has 35 heavy (non-hydrogen) atoms. The number of carboxylic acid groups (broad SMARTS) is 1. The summed E-state index contributed by atoms with van der Waals surface area (Å²) in [5.41, 5.74) is 3.60. The third kappa shape index (κ3) is 6.65. The molecule has 0 aliphatic carbocycles. The van der Waals surface area contributed by atoms with Crippen LogP contribution >= 0.6 is 0 Å². The molecule has 3 aromatic rings. The minimum atomic E-state index is -1.01. The molecule has 1 amide bonds. The summed E-state index contributed by atoms with van der Waals surface area (Å²) in [7, 11) is 0. The van der Waals surface area contributed by atoms with Crippen LogP contribution in [0, 0.1) is 0 Å². The van der Waals surface area contributed by atoms with Crippen molar-refractivity contribution >= 4 is 23.3 Å². The number of carboxylic acids is 1. The van der Waals surface area contributed by atoms with E-state index in [4.69, 9.17) is 0 Å². The molecular weight excluding hydrogens is 485 g/mol. The Bertz CT molecular complexity index is 1170. The Kier molecular flexibility index (Phi) is 9.35. The number of benzene rings is 3. The van der Waals surface area contributed by atoms with E-state index in [1.165, 1.54) is 12.5 Å². The number of aliphatic carboxylic acids is 1. The Labute approximate surface area is 216 Å². The first-order chi connectivity index (χ1) is 16.5. The smallest absolute Gasteiger partial charge is 0.625 e. The molecule has 1 fully saturated rings. The van der Waals surface area contributed by atoms with Crippen molar-refractivity contribution in [3.8, 4) is 0 Å². The van der Waals surface area contributed by atoms with Gasteiger partial charge in [-0.25, -0.2) is 4.79 Å². The molecule has 1 saturated heterocycles. The van der Waals surface area contributed by atoms with Crippen molar-refractivity contribution in [1.29, 1.82) is 0 Å². The fraction of sp³-hybridized carbons (Fsp3) is 0.250. The predicted molar refractivity (Wildman–Crippen MR) is 134 cm³/mol. The Morgan fingerprint density at radius 3 is 2.31 bits per heavy atom. The van der Waals surface area contributed by atoms with Crippen LogP contribution in [0.2, 0.25) is 0 Å². The number of carbonyl (C=O) groups excluding carboxylic acids is 1. The maximum Gasteiger partial charge on any atom is 2.00 e. The van der Waals surface area contributed by atoms with Crippen molar-refractivity contribution < 1.29 is 31.2 Å². The average Bonchev–Trinajstić information content (AvgIpc) is 3.32. The molecule has 4 rings (SSSR count). The monoisotopic (exact) mass is 512 g/mol. The number of likely N-dealkylation sites (tertiary alicyclic amines) is 1. The van der Waals surface area contributed by atoms with Gasteiger partial charge in [0.05, 0.1) is 17.7 Å². The molecule has 1 unspecified atom stereocenters. The first-order valence-electron chi connectivity index (χ1n) is 11.5. The number of hydrogen-bond donors (Lipinski definition) is 1. The molecule has 3 aromatic carbocycles. The van der Waals surface area contributed by atoms with Gasteiger partial charge in [-0.2, -0.15) is 0 Å². The molecule has 2 atom stereocenters. The zero-order valence-electron chi connectivity index (χ0n) is 19.5. The molecule has 1 heterocycles. The Balaban J connectivity index is 0.00000342. The molecule has 0 aromatic heterocycles. The molecule has 0 bridgehead atoms. The van der Waals surface area contributed by atoms with Crippen LogP contribution in [0.4, 0.5) is 5.69 Å². The van der Waals surface area contributed by atoms with Crippen LogP contribution in [0.15, 0.2) is 89.9 Å². The number of amides is 1. The average molecular weight is 513 g/mol. The Morgan fingerprint density at radius 2 is 1.63 bits per heavy atom. The van der Waals surface area contributed by atoms with E-state index in [0.29, 0.717) is 23.5 Å². The minimum absolute atomic E-state index is 0. The number of nitrogens with zero attached hydrogens (tertiary/aromatic N) is 3. The van der Waals surface area contributed by atoms with Gasteiger partial charge in [0.15, 0.2) is 0 Å². The summed E-state index contributed by atoms with van der Waals surface area (Å²) in [5, 5.41) is 14.0. The summed E-state index contributed by atoms with van der Waals surface area (Å²) in [5.74, 6) is -1.19. The summed E-state index contributed by atoms with van der Waals surface area (Å²) >= 11 is 0. The van der Waals surface area contributed by atoms with Crippen molar-refractivity contribution in [1.82, 2.24) is 4.90 Å². The first kappa shape index (κ1) is 26.3. The molecular formula is C28H28N3NiO3+. The van der Waals surface area contributed by atoms with Crippen molar-refractivity contribution in [3.63, 3.8) is 0 Å². The number of para-hydroxylation sites is 1. The van der Waals surface area contributed by atoms with Gasteiger partial charge >= 0.3 is 22.5 Å². The van der Waals surface area contributed by atoms with Gasteiger partial charge < -0.3 is 15.2 Å². The maximum absolute atomic E-state index is 13.3. The number of carbonyl (C=O) groups is 2. The van der Waals surface area contributed by atoms with E-state index in [1.54, 1.807) is 6.07 Å². The van der Waals surface area contributed by atoms with Gasteiger partial charge in [-0.15, -0.1) is 5.69 Å². The number of hydrogen-bond acceptors (Lipinski definition) is 4.